The quantitative estimate of drug-likeness (QED) is 0.757. The molecule has 2 aromatic rings. The molecule has 25 heavy (non-hydrogen) atoms. The molecule has 0 saturated carbocycles. The highest BCUT2D eigenvalue weighted by Crippen LogP contribution is 2.30. The van der Waals surface area contributed by atoms with E-state index in [0.717, 1.165) is 42.9 Å². The molecule has 0 N–H and O–H groups in total. The molecule has 1 unspecified atom stereocenters. The van der Waals surface area contributed by atoms with Crippen LogP contribution < -0.4 is 4.90 Å². The standard InChI is InChI=1S/C17H18BrF3N4/c1-24(16-8-15(17(19,20)21)22-11-23-16)14-5-6-25(10-14)9-12-3-2-4-13(18)7-12/h2-4,7-8,11,14H,5-6,9-10H2,1H3. The lowest BCUT2D eigenvalue weighted by Gasteiger charge is -2.26. The Morgan fingerprint density at radius 1 is 1.28 bits per heavy atom. The minimum atomic E-state index is -4.46. The van der Waals surface area contributed by atoms with Crippen LogP contribution in [0.2, 0.25) is 0 Å². The molecular formula is C17H18BrF3N4. The minimum absolute atomic E-state index is 0.128. The van der Waals surface area contributed by atoms with Crippen molar-refractivity contribution in [2.75, 3.05) is 25.0 Å². The molecule has 134 valence electrons. The Morgan fingerprint density at radius 2 is 2.08 bits per heavy atom. The number of halogens is 4. The first-order valence-electron chi connectivity index (χ1n) is 7.92. The van der Waals surface area contributed by atoms with E-state index < -0.39 is 11.9 Å². The van der Waals surface area contributed by atoms with Gasteiger partial charge in [-0.3, -0.25) is 4.90 Å². The first kappa shape index (κ1) is 18.1. The Balaban J connectivity index is 1.65. The van der Waals surface area contributed by atoms with Crippen molar-refractivity contribution in [1.29, 1.82) is 0 Å². The van der Waals surface area contributed by atoms with Crippen LogP contribution in [0.3, 0.4) is 0 Å². The van der Waals surface area contributed by atoms with Gasteiger partial charge in [0.2, 0.25) is 0 Å². The molecule has 0 bridgehead atoms. The molecule has 0 spiro atoms. The van der Waals surface area contributed by atoms with Gasteiger partial charge >= 0.3 is 6.18 Å². The predicted octanol–water partition coefficient (Wildman–Crippen LogP) is 3.97. The maximum absolute atomic E-state index is 12.8. The van der Waals surface area contributed by atoms with E-state index in [9.17, 15) is 13.2 Å². The smallest absolute Gasteiger partial charge is 0.355 e. The number of rotatable bonds is 4. The topological polar surface area (TPSA) is 32.3 Å². The van der Waals surface area contributed by atoms with E-state index >= 15 is 0 Å². The van der Waals surface area contributed by atoms with Crippen LogP contribution >= 0.6 is 15.9 Å². The average molecular weight is 415 g/mol. The summed E-state index contributed by atoms with van der Waals surface area (Å²) in [4.78, 5) is 11.4. The largest absolute Gasteiger partial charge is 0.433 e. The van der Waals surface area contributed by atoms with E-state index in [2.05, 4.69) is 42.9 Å². The number of likely N-dealkylation sites (tertiary alicyclic amines) is 1. The number of hydrogen-bond donors (Lipinski definition) is 0. The summed E-state index contributed by atoms with van der Waals surface area (Å²) in [5.41, 5.74) is 0.299. The molecule has 3 rings (SSSR count). The number of nitrogens with zero attached hydrogens (tertiary/aromatic N) is 4. The zero-order valence-electron chi connectivity index (χ0n) is 13.7. The molecule has 2 heterocycles. The molecule has 1 fully saturated rings. The Hall–Kier alpha value is -1.67. The molecule has 1 aliphatic heterocycles. The van der Waals surface area contributed by atoms with E-state index in [1.165, 1.54) is 5.56 Å². The summed E-state index contributed by atoms with van der Waals surface area (Å²) < 4.78 is 39.5. The summed E-state index contributed by atoms with van der Waals surface area (Å²) in [7, 11) is 1.79. The molecule has 8 heteroatoms. The molecule has 1 saturated heterocycles. The Kier molecular flexibility index (Phi) is 5.29. The summed E-state index contributed by atoms with van der Waals surface area (Å²) in [6.45, 7) is 2.51. The van der Waals surface area contributed by atoms with Crippen molar-refractivity contribution >= 4 is 21.7 Å². The molecule has 0 aliphatic carbocycles. The van der Waals surface area contributed by atoms with Gasteiger partial charge in [0.15, 0.2) is 0 Å². The predicted molar refractivity (Wildman–Crippen MR) is 93.3 cm³/mol. The van der Waals surface area contributed by atoms with Gasteiger partial charge in [0.1, 0.15) is 17.8 Å². The third-order valence-corrected chi connectivity index (χ3v) is 4.89. The molecule has 1 aromatic heterocycles. The van der Waals surface area contributed by atoms with Crippen LogP contribution in [-0.4, -0.2) is 41.0 Å². The van der Waals surface area contributed by atoms with Crippen LogP contribution in [0.4, 0.5) is 19.0 Å². The van der Waals surface area contributed by atoms with Gasteiger partial charge < -0.3 is 4.90 Å². The van der Waals surface area contributed by atoms with Crippen LogP contribution in [0.5, 0.6) is 0 Å². The number of alkyl halides is 3. The van der Waals surface area contributed by atoms with Crippen molar-refractivity contribution in [3.05, 3.63) is 52.4 Å². The molecule has 1 aromatic carbocycles. The highest BCUT2D eigenvalue weighted by atomic mass is 79.9. The van der Waals surface area contributed by atoms with Crippen molar-refractivity contribution in [2.45, 2.75) is 25.2 Å². The minimum Gasteiger partial charge on any atom is -0.355 e. The number of anilines is 1. The second kappa shape index (κ2) is 7.29. The molecular weight excluding hydrogens is 397 g/mol. The maximum Gasteiger partial charge on any atom is 0.433 e. The van der Waals surface area contributed by atoms with Gasteiger partial charge in [-0.05, 0) is 24.1 Å². The van der Waals surface area contributed by atoms with Gasteiger partial charge in [0.05, 0.1) is 0 Å². The number of hydrogen-bond acceptors (Lipinski definition) is 4. The number of likely N-dealkylation sites (N-methyl/N-ethyl adjacent to an activating group) is 1. The zero-order chi connectivity index (χ0) is 18.0. The normalized spacial score (nSPS) is 18.5. The SMILES string of the molecule is CN(c1cc(C(F)(F)F)ncn1)C1CCN(Cc2cccc(Br)c2)C1. The van der Waals surface area contributed by atoms with Crippen LogP contribution in [0.25, 0.3) is 0 Å². The monoisotopic (exact) mass is 414 g/mol. The lowest BCUT2D eigenvalue weighted by atomic mass is 10.2. The Bertz CT molecular complexity index is 738. The summed E-state index contributed by atoms with van der Waals surface area (Å²) in [5, 5.41) is 0. The molecule has 4 nitrogen and oxygen atoms in total. The fourth-order valence-electron chi connectivity index (χ4n) is 3.05. The zero-order valence-corrected chi connectivity index (χ0v) is 15.3. The lowest BCUT2D eigenvalue weighted by Crippen LogP contribution is -2.35. The second-order valence-electron chi connectivity index (χ2n) is 6.18. The van der Waals surface area contributed by atoms with Gasteiger partial charge in [0, 0.05) is 43.3 Å². The Labute approximate surface area is 152 Å². The van der Waals surface area contributed by atoms with E-state index in [4.69, 9.17) is 0 Å². The maximum atomic E-state index is 12.8. The van der Waals surface area contributed by atoms with Crippen molar-refractivity contribution in [1.82, 2.24) is 14.9 Å². The lowest BCUT2D eigenvalue weighted by molar-refractivity contribution is -0.141. The van der Waals surface area contributed by atoms with Crippen LogP contribution in [0.1, 0.15) is 17.7 Å². The summed E-state index contributed by atoms with van der Waals surface area (Å²) in [6.07, 6.45) is -2.60. The fourth-order valence-corrected chi connectivity index (χ4v) is 3.49. The van der Waals surface area contributed by atoms with Crippen LogP contribution in [0.15, 0.2) is 41.1 Å². The van der Waals surface area contributed by atoms with Gasteiger partial charge in [-0.25, -0.2) is 9.97 Å². The second-order valence-corrected chi connectivity index (χ2v) is 7.09. The van der Waals surface area contributed by atoms with Crippen molar-refractivity contribution < 1.29 is 13.2 Å². The Morgan fingerprint density at radius 3 is 2.80 bits per heavy atom. The highest BCUT2D eigenvalue weighted by molar-refractivity contribution is 9.10. The highest BCUT2D eigenvalue weighted by Gasteiger charge is 2.34. The van der Waals surface area contributed by atoms with Crippen LogP contribution in [0, 0.1) is 0 Å². The summed E-state index contributed by atoms with van der Waals surface area (Å²) in [6, 6.07) is 9.27. The third-order valence-electron chi connectivity index (χ3n) is 4.39. The molecule has 1 aliphatic rings. The van der Waals surface area contributed by atoms with Crippen LogP contribution in [-0.2, 0) is 12.7 Å². The summed E-state index contributed by atoms with van der Waals surface area (Å²) >= 11 is 3.47. The number of benzene rings is 1. The molecule has 0 amide bonds. The van der Waals surface area contributed by atoms with E-state index in [-0.39, 0.29) is 6.04 Å². The first-order valence-corrected chi connectivity index (χ1v) is 8.71. The van der Waals surface area contributed by atoms with Gasteiger partial charge in [-0.1, -0.05) is 28.1 Å². The van der Waals surface area contributed by atoms with E-state index in [1.807, 2.05) is 17.0 Å². The third kappa shape index (κ3) is 4.49. The fraction of sp³-hybridized carbons (Fsp3) is 0.412. The van der Waals surface area contributed by atoms with Crippen molar-refractivity contribution in [2.24, 2.45) is 0 Å². The van der Waals surface area contributed by atoms with Crippen molar-refractivity contribution in [3.8, 4) is 0 Å². The van der Waals surface area contributed by atoms with Gasteiger partial charge in [-0.2, -0.15) is 13.2 Å². The average Bonchev–Trinajstić information content (AvgIpc) is 3.02. The number of aromatic nitrogens is 2. The molecule has 0 radical (unpaired) electrons. The summed E-state index contributed by atoms with van der Waals surface area (Å²) in [5.74, 6) is 0.302. The van der Waals surface area contributed by atoms with E-state index in [1.54, 1.807) is 7.05 Å². The van der Waals surface area contributed by atoms with E-state index in [0.29, 0.717) is 5.82 Å². The first-order chi connectivity index (χ1) is 11.8. The van der Waals surface area contributed by atoms with Gasteiger partial charge in [0.25, 0.3) is 0 Å². The van der Waals surface area contributed by atoms with Crippen molar-refractivity contribution in [3.63, 3.8) is 0 Å². The molecule has 1 atom stereocenters. The van der Waals surface area contributed by atoms with Gasteiger partial charge in [-0.15, -0.1) is 0 Å².